The van der Waals surface area contributed by atoms with Gasteiger partial charge in [0, 0.05) is 16.9 Å². The number of aliphatic carboxylic acids is 1. The summed E-state index contributed by atoms with van der Waals surface area (Å²) in [6, 6.07) is 2.65. The third-order valence-corrected chi connectivity index (χ3v) is 5.09. The molecule has 4 N–H and O–H groups in total. The number of amides is 1. The molecule has 1 atom stereocenters. The van der Waals surface area contributed by atoms with Crippen LogP contribution in [0, 0.1) is 11.3 Å². The Morgan fingerprint density at radius 2 is 2.29 bits per heavy atom. The highest BCUT2D eigenvalue weighted by Crippen LogP contribution is 2.28. The van der Waals surface area contributed by atoms with Crippen LogP contribution in [0.5, 0.6) is 0 Å². The molecule has 0 aromatic carbocycles. The maximum absolute atomic E-state index is 11.8. The number of nitrogens with two attached hydrogens (primary N) is 1. The number of nitrogens with one attached hydrogen (secondary N) is 1. The predicted molar refractivity (Wildman–Crippen MR) is 84.4 cm³/mol. The molecule has 6 nitrogen and oxygen atoms in total. The zero-order valence-corrected chi connectivity index (χ0v) is 13.4. The second-order valence-corrected chi connectivity index (χ2v) is 7.51. The number of nitriles is 1. The summed E-state index contributed by atoms with van der Waals surface area (Å²) in [6.45, 7) is 3.48. The molecule has 1 rings (SSSR count). The van der Waals surface area contributed by atoms with Crippen LogP contribution in [0.2, 0.25) is 0 Å². The molecule has 0 fully saturated rings. The van der Waals surface area contributed by atoms with Gasteiger partial charge in [0.15, 0.2) is 0 Å². The summed E-state index contributed by atoms with van der Waals surface area (Å²) in [5.41, 5.74) is 6.04. The van der Waals surface area contributed by atoms with Crippen LogP contribution in [-0.2, 0) is 9.59 Å². The molecule has 21 heavy (non-hydrogen) atoms. The van der Waals surface area contributed by atoms with Gasteiger partial charge in [0.2, 0.25) is 5.91 Å². The number of thioether (sulfide) groups is 1. The van der Waals surface area contributed by atoms with Crippen molar-refractivity contribution in [1.29, 1.82) is 5.26 Å². The second kappa shape index (κ2) is 7.45. The molecule has 1 aromatic heterocycles. The van der Waals surface area contributed by atoms with Gasteiger partial charge in [-0.15, -0.1) is 11.3 Å². The largest absolute Gasteiger partial charge is 0.480 e. The number of carboxylic acid groups (broad SMARTS) is 1. The fourth-order valence-corrected chi connectivity index (χ4v) is 3.32. The summed E-state index contributed by atoms with van der Waals surface area (Å²) in [7, 11) is 0. The minimum Gasteiger partial charge on any atom is -0.480 e. The molecular formula is C13H17N3O3S2. The summed E-state index contributed by atoms with van der Waals surface area (Å²) in [4.78, 5) is 22.7. The summed E-state index contributed by atoms with van der Waals surface area (Å²) < 4.78 is -0.660. The van der Waals surface area contributed by atoms with E-state index in [1.54, 1.807) is 25.3 Å². The van der Waals surface area contributed by atoms with Crippen molar-refractivity contribution >= 4 is 40.0 Å². The molecule has 1 amide bonds. The van der Waals surface area contributed by atoms with Gasteiger partial charge in [-0.1, -0.05) is 0 Å². The molecule has 0 aliphatic heterocycles. The second-order valence-electron chi connectivity index (χ2n) is 4.84. The van der Waals surface area contributed by atoms with Crippen molar-refractivity contribution in [2.75, 3.05) is 11.1 Å². The third kappa shape index (κ3) is 5.04. The lowest BCUT2D eigenvalue weighted by atomic mass is 10.1. The van der Waals surface area contributed by atoms with Crippen molar-refractivity contribution < 1.29 is 14.7 Å². The first-order valence-electron chi connectivity index (χ1n) is 6.17. The van der Waals surface area contributed by atoms with Gasteiger partial charge in [-0.25, -0.2) is 0 Å². The van der Waals surface area contributed by atoms with E-state index < -0.39 is 16.8 Å². The highest BCUT2D eigenvalue weighted by molar-refractivity contribution is 8.00. The van der Waals surface area contributed by atoms with Crippen molar-refractivity contribution in [2.45, 2.75) is 31.1 Å². The normalized spacial score (nSPS) is 12.5. The van der Waals surface area contributed by atoms with Crippen LogP contribution in [0.1, 0.15) is 25.8 Å². The van der Waals surface area contributed by atoms with E-state index >= 15 is 0 Å². The standard InChI is InChI=1S/C13H17N3O3S2/c1-13(2,10(15)12(18)19)21-6-4-9(17)16-11-8(7-14)3-5-20-11/h3,5,10H,4,6,15H2,1-2H3,(H,16,17)(H,18,19)/t10-/m1/s1. The molecule has 1 aromatic rings. The van der Waals surface area contributed by atoms with E-state index in [1.165, 1.54) is 23.1 Å². The van der Waals surface area contributed by atoms with Crippen LogP contribution in [0.3, 0.4) is 0 Å². The zero-order chi connectivity index (χ0) is 16.0. The maximum atomic E-state index is 11.8. The minimum absolute atomic E-state index is 0.207. The molecule has 1 heterocycles. The van der Waals surface area contributed by atoms with Crippen molar-refractivity contribution in [3.8, 4) is 6.07 Å². The fourth-order valence-electron chi connectivity index (χ4n) is 1.48. The molecule has 0 saturated carbocycles. The van der Waals surface area contributed by atoms with Gasteiger partial charge in [-0.05, 0) is 25.3 Å². The minimum atomic E-state index is -1.06. The molecule has 0 saturated heterocycles. The van der Waals surface area contributed by atoms with E-state index in [-0.39, 0.29) is 12.3 Å². The van der Waals surface area contributed by atoms with Gasteiger partial charge < -0.3 is 16.2 Å². The third-order valence-electron chi connectivity index (χ3n) is 2.86. The number of hydrogen-bond acceptors (Lipinski definition) is 6. The lowest BCUT2D eigenvalue weighted by molar-refractivity contribution is -0.139. The number of hydrogen-bond donors (Lipinski definition) is 3. The summed E-state index contributed by atoms with van der Waals surface area (Å²) in [6.07, 6.45) is 0.225. The first kappa shape index (κ1) is 17.5. The lowest BCUT2D eigenvalue weighted by Gasteiger charge is -2.27. The van der Waals surface area contributed by atoms with Crippen LogP contribution >= 0.6 is 23.1 Å². The lowest BCUT2D eigenvalue weighted by Crippen LogP contribution is -2.46. The van der Waals surface area contributed by atoms with E-state index in [9.17, 15) is 9.59 Å². The number of carboxylic acids is 1. The Morgan fingerprint density at radius 1 is 1.62 bits per heavy atom. The van der Waals surface area contributed by atoms with E-state index in [1.807, 2.05) is 6.07 Å². The van der Waals surface area contributed by atoms with E-state index in [4.69, 9.17) is 16.1 Å². The number of thiophene rings is 1. The highest BCUT2D eigenvalue weighted by atomic mass is 32.2. The summed E-state index contributed by atoms with van der Waals surface area (Å²) in [5, 5.41) is 22.7. The van der Waals surface area contributed by atoms with Gasteiger partial charge in [0.1, 0.15) is 17.1 Å². The summed E-state index contributed by atoms with van der Waals surface area (Å²) in [5.74, 6) is -0.817. The van der Waals surface area contributed by atoms with Crippen LogP contribution in [0.4, 0.5) is 5.00 Å². The Bertz CT molecular complexity index is 563. The molecule has 0 unspecified atom stereocenters. The average Bonchev–Trinajstić information content (AvgIpc) is 2.84. The SMILES string of the molecule is CC(C)(SCCC(=O)Nc1sccc1C#N)[C@H](N)C(=O)O. The number of rotatable bonds is 7. The van der Waals surface area contributed by atoms with Crippen molar-refractivity contribution in [1.82, 2.24) is 0 Å². The quantitative estimate of drug-likeness (QED) is 0.704. The van der Waals surface area contributed by atoms with Crippen molar-refractivity contribution in [3.63, 3.8) is 0 Å². The van der Waals surface area contributed by atoms with E-state index in [0.717, 1.165) is 0 Å². The van der Waals surface area contributed by atoms with Crippen LogP contribution < -0.4 is 11.1 Å². The van der Waals surface area contributed by atoms with Crippen LogP contribution in [0.25, 0.3) is 0 Å². The Labute approximate surface area is 131 Å². The molecule has 114 valence electrons. The maximum Gasteiger partial charge on any atom is 0.321 e. The topological polar surface area (TPSA) is 116 Å². The predicted octanol–water partition coefficient (Wildman–Crippen LogP) is 1.87. The van der Waals surface area contributed by atoms with Gasteiger partial charge in [0.05, 0.1) is 5.56 Å². The van der Waals surface area contributed by atoms with Crippen molar-refractivity contribution in [2.24, 2.45) is 5.73 Å². The molecule has 8 heteroatoms. The molecule has 0 aliphatic rings. The highest BCUT2D eigenvalue weighted by Gasteiger charge is 2.32. The van der Waals surface area contributed by atoms with Crippen LogP contribution in [-0.4, -0.2) is 33.5 Å². The smallest absolute Gasteiger partial charge is 0.321 e. The number of anilines is 1. The van der Waals surface area contributed by atoms with Crippen molar-refractivity contribution in [3.05, 3.63) is 17.0 Å². The van der Waals surface area contributed by atoms with E-state index in [0.29, 0.717) is 16.3 Å². The zero-order valence-electron chi connectivity index (χ0n) is 11.8. The number of carbonyl (C=O) groups is 2. The van der Waals surface area contributed by atoms with E-state index in [2.05, 4.69) is 5.32 Å². The first-order chi connectivity index (χ1) is 9.77. The Kier molecular flexibility index (Phi) is 6.20. The van der Waals surface area contributed by atoms with Gasteiger partial charge in [-0.2, -0.15) is 17.0 Å². The Balaban J connectivity index is 2.44. The molecule has 0 aliphatic carbocycles. The number of nitrogens with zero attached hydrogens (tertiary/aromatic N) is 1. The molecular weight excluding hydrogens is 310 g/mol. The van der Waals surface area contributed by atoms with Gasteiger partial charge in [-0.3, -0.25) is 9.59 Å². The molecule has 0 radical (unpaired) electrons. The monoisotopic (exact) mass is 327 g/mol. The number of carbonyl (C=O) groups excluding carboxylic acids is 1. The van der Waals surface area contributed by atoms with Gasteiger partial charge >= 0.3 is 5.97 Å². The van der Waals surface area contributed by atoms with Gasteiger partial charge in [0.25, 0.3) is 0 Å². The molecule has 0 spiro atoms. The average molecular weight is 327 g/mol. The first-order valence-corrected chi connectivity index (χ1v) is 8.04. The van der Waals surface area contributed by atoms with Crippen LogP contribution in [0.15, 0.2) is 11.4 Å². The Hall–Kier alpha value is -1.56. The summed E-state index contributed by atoms with van der Waals surface area (Å²) >= 11 is 2.63. The Morgan fingerprint density at radius 3 is 2.86 bits per heavy atom. The fraction of sp³-hybridized carbons (Fsp3) is 0.462. The molecule has 0 bridgehead atoms.